The molecule has 1 amide bonds. The summed E-state index contributed by atoms with van der Waals surface area (Å²) in [6, 6.07) is 11.5. The number of amides is 1. The average Bonchev–Trinajstić information content (AvgIpc) is 3.06. The average molecular weight is 702 g/mol. The van der Waals surface area contributed by atoms with Crippen molar-refractivity contribution in [2.45, 2.75) is 42.6 Å². The number of hydrogen-bond acceptors (Lipinski definition) is 8. The van der Waals surface area contributed by atoms with Crippen LogP contribution >= 0.6 is 35.0 Å². The highest BCUT2D eigenvalue weighted by atomic mass is 35.5. The fourth-order valence-electron chi connectivity index (χ4n) is 5.32. The van der Waals surface area contributed by atoms with Crippen LogP contribution in [0.3, 0.4) is 0 Å². The third-order valence-electron chi connectivity index (χ3n) is 7.81. The summed E-state index contributed by atoms with van der Waals surface area (Å²) >= 11 is 13.5. The third kappa shape index (κ3) is 8.99. The van der Waals surface area contributed by atoms with Crippen LogP contribution in [0.15, 0.2) is 75.8 Å². The van der Waals surface area contributed by atoms with Gasteiger partial charge in [-0.1, -0.05) is 47.1 Å². The Morgan fingerprint density at radius 1 is 1.04 bits per heavy atom. The van der Waals surface area contributed by atoms with E-state index < -0.39 is 29.6 Å². The monoisotopic (exact) mass is 700 g/mol. The first kappa shape index (κ1) is 34.1. The number of benzene rings is 2. The van der Waals surface area contributed by atoms with E-state index in [4.69, 9.17) is 23.2 Å². The number of carbonyl (C=O) groups is 2. The molecule has 1 aliphatic heterocycles. The predicted octanol–water partition coefficient (Wildman–Crippen LogP) is 4.80. The SMILES string of the molecule is O=C(O)CC(c1cnc(=O)[nH]c1)c1cn(CCCC(=O)N2CCN(c3ccc(Cl)c(Cl)c3)CC2)c(SCc2ccc(F)cc2)nc1=O. The van der Waals surface area contributed by atoms with Crippen molar-refractivity contribution in [3.05, 3.63) is 114 Å². The molecule has 3 heterocycles. The van der Waals surface area contributed by atoms with Crippen LogP contribution in [-0.4, -0.2) is 67.6 Å². The van der Waals surface area contributed by atoms with Gasteiger partial charge < -0.3 is 24.5 Å². The summed E-state index contributed by atoms with van der Waals surface area (Å²) in [5.74, 6) is -2.04. The summed E-state index contributed by atoms with van der Waals surface area (Å²) in [5, 5.41) is 11.0. The molecular formula is C32H31Cl2FN6O5S. The predicted molar refractivity (Wildman–Crippen MR) is 178 cm³/mol. The molecule has 1 aliphatic rings. The van der Waals surface area contributed by atoms with Crippen molar-refractivity contribution in [3.63, 3.8) is 0 Å². The largest absolute Gasteiger partial charge is 0.481 e. The number of carbonyl (C=O) groups excluding carboxylic acids is 1. The smallest absolute Gasteiger partial charge is 0.344 e. The number of aromatic nitrogens is 4. The molecule has 246 valence electrons. The molecule has 11 nitrogen and oxygen atoms in total. The van der Waals surface area contributed by atoms with Crippen LogP contribution < -0.4 is 16.1 Å². The molecule has 1 unspecified atom stereocenters. The standard InChI is InChI=1S/C32H31Cl2FN6O5S/c33-26-8-7-23(14-27(26)34)39-10-12-40(13-11-39)28(42)2-1-9-41-18-25(24(15-29(43)44)21-16-36-31(46)37-17-21)30(45)38-32(41)47-19-20-3-5-22(35)6-4-20/h3-8,14,16-18,24H,1-2,9-13,15,19H2,(H,43,44)(H,36,37,46). The number of anilines is 1. The molecule has 1 saturated heterocycles. The summed E-state index contributed by atoms with van der Waals surface area (Å²) < 4.78 is 15.2. The van der Waals surface area contributed by atoms with Crippen molar-refractivity contribution in [2.24, 2.45) is 0 Å². The number of rotatable bonds is 12. The van der Waals surface area contributed by atoms with Crippen molar-refractivity contribution in [1.82, 2.24) is 24.4 Å². The number of nitrogens with one attached hydrogen (secondary N) is 1. The van der Waals surface area contributed by atoms with E-state index in [2.05, 4.69) is 19.9 Å². The summed E-state index contributed by atoms with van der Waals surface area (Å²) in [6.45, 7) is 2.71. The minimum atomic E-state index is -1.15. The van der Waals surface area contributed by atoms with Crippen molar-refractivity contribution in [2.75, 3.05) is 31.1 Å². The molecule has 4 aromatic rings. The number of piperazine rings is 1. The van der Waals surface area contributed by atoms with Gasteiger partial charge in [-0.05, 0) is 47.9 Å². The number of carboxylic acid groups (broad SMARTS) is 1. The molecule has 1 atom stereocenters. The van der Waals surface area contributed by atoms with E-state index in [0.717, 1.165) is 11.3 Å². The number of thioether (sulfide) groups is 1. The van der Waals surface area contributed by atoms with Gasteiger partial charge >= 0.3 is 11.7 Å². The molecule has 0 radical (unpaired) electrons. The minimum Gasteiger partial charge on any atom is -0.481 e. The molecule has 5 rings (SSSR count). The molecule has 2 aromatic heterocycles. The summed E-state index contributed by atoms with van der Waals surface area (Å²) in [7, 11) is 0. The molecule has 0 spiro atoms. The fourth-order valence-corrected chi connectivity index (χ4v) is 6.55. The van der Waals surface area contributed by atoms with Gasteiger partial charge in [0.2, 0.25) is 5.91 Å². The first-order valence-electron chi connectivity index (χ1n) is 14.8. The Hall–Kier alpha value is -4.20. The Morgan fingerprint density at radius 3 is 2.45 bits per heavy atom. The van der Waals surface area contributed by atoms with E-state index in [-0.39, 0.29) is 23.7 Å². The van der Waals surface area contributed by atoms with Gasteiger partial charge in [-0.15, -0.1) is 0 Å². The van der Waals surface area contributed by atoms with E-state index in [9.17, 15) is 28.7 Å². The van der Waals surface area contributed by atoms with Gasteiger partial charge in [-0.3, -0.25) is 14.4 Å². The lowest BCUT2D eigenvalue weighted by molar-refractivity contribution is -0.137. The second kappa shape index (κ2) is 15.6. The number of carboxylic acids is 1. The highest BCUT2D eigenvalue weighted by Gasteiger charge is 2.25. The number of aryl methyl sites for hydroxylation is 1. The van der Waals surface area contributed by atoms with E-state index in [0.29, 0.717) is 65.7 Å². The van der Waals surface area contributed by atoms with Gasteiger partial charge in [0.1, 0.15) is 5.82 Å². The lowest BCUT2D eigenvalue weighted by Crippen LogP contribution is -2.48. The number of halogens is 3. The zero-order chi connectivity index (χ0) is 33.5. The number of hydrogen-bond donors (Lipinski definition) is 2. The van der Waals surface area contributed by atoms with Gasteiger partial charge in [-0.2, -0.15) is 4.98 Å². The minimum absolute atomic E-state index is 0.00315. The van der Waals surface area contributed by atoms with Crippen LogP contribution in [0.1, 0.15) is 41.9 Å². The van der Waals surface area contributed by atoms with Crippen LogP contribution in [0, 0.1) is 5.82 Å². The second-order valence-electron chi connectivity index (χ2n) is 11.0. The molecule has 15 heteroatoms. The van der Waals surface area contributed by atoms with Crippen molar-refractivity contribution < 1.29 is 19.1 Å². The number of aliphatic carboxylic acids is 1. The Morgan fingerprint density at radius 2 is 1.79 bits per heavy atom. The Labute approximate surface area is 283 Å². The molecule has 0 saturated carbocycles. The van der Waals surface area contributed by atoms with Crippen LogP contribution in [-0.2, 0) is 21.9 Å². The van der Waals surface area contributed by atoms with Gasteiger partial charge in [-0.25, -0.2) is 14.2 Å². The van der Waals surface area contributed by atoms with Gasteiger partial charge in [0, 0.05) is 80.7 Å². The summed E-state index contributed by atoms with van der Waals surface area (Å²) in [6.07, 6.45) is 4.40. The molecule has 47 heavy (non-hydrogen) atoms. The van der Waals surface area contributed by atoms with Gasteiger partial charge in [0.25, 0.3) is 5.56 Å². The highest BCUT2D eigenvalue weighted by Crippen LogP contribution is 2.29. The van der Waals surface area contributed by atoms with Crippen molar-refractivity contribution in [1.29, 1.82) is 0 Å². The van der Waals surface area contributed by atoms with Crippen molar-refractivity contribution in [3.8, 4) is 0 Å². The van der Waals surface area contributed by atoms with Crippen LogP contribution in [0.25, 0.3) is 0 Å². The maximum absolute atomic E-state index is 13.4. The Kier molecular flexibility index (Phi) is 11.3. The van der Waals surface area contributed by atoms with Crippen molar-refractivity contribution >= 4 is 52.5 Å². The zero-order valence-electron chi connectivity index (χ0n) is 25.1. The number of aromatic amines is 1. The van der Waals surface area contributed by atoms with Crippen LogP contribution in [0.4, 0.5) is 10.1 Å². The Bertz CT molecular complexity index is 1840. The topological polar surface area (TPSA) is 141 Å². The first-order chi connectivity index (χ1) is 22.6. The summed E-state index contributed by atoms with van der Waals surface area (Å²) in [4.78, 5) is 64.2. The molecule has 2 aromatic carbocycles. The number of nitrogens with zero attached hydrogens (tertiary/aromatic N) is 5. The van der Waals surface area contributed by atoms with Gasteiger partial charge in [0.15, 0.2) is 5.16 Å². The van der Waals surface area contributed by atoms with Crippen LogP contribution in [0.2, 0.25) is 10.0 Å². The van der Waals surface area contributed by atoms with E-state index in [1.165, 1.54) is 36.3 Å². The maximum Gasteiger partial charge on any atom is 0.344 e. The molecular weight excluding hydrogens is 670 g/mol. The molecule has 0 bridgehead atoms. The maximum atomic E-state index is 13.4. The molecule has 0 aliphatic carbocycles. The summed E-state index contributed by atoms with van der Waals surface area (Å²) in [5.41, 5.74) is 1.01. The normalized spacial score (nSPS) is 13.9. The van der Waals surface area contributed by atoms with E-state index >= 15 is 0 Å². The molecule has 1 fully saturated rings. The number of H-pyrrole nitrogens is 1. The van der Waals surface area contributed by atoms with E-state index in [1.54, 1.807) is 29.0 Å². The van der Waals surface area contributed by atoms with Crippen LogP contribution in [0.5, 0.6) is 0 Å². The van der Waals surface area contributed by atoms with E-state index in [1.807, 2.05) is 17.0 Å². The quantitative estimate of drug-likeness (QED) is 0.157. The molecule has 2 N–H and O–H groups in total. The first-order valence-corrected chi connectivity index (χ1v) is 16.5. The fraction of sp³-hybridized carbons (Fsp3) is 0.312. The highest BCUT2D eigenvalue weighted by molar-refractivity contribution is 7.98. The lowest BCUT2D eigenvalue weighted by atomic mass is 9.92. The second-order valence-corrected chi connectivity index (χ2v) is 12.7. The van der Waals surface area contributed by atoms with Gasteiger partial charge in [0.05, 0.1) is 16.5 Å². The Balaban J connectivity index is 1.31. The lowest BCUT2D eigenvalue weighted by Gasteiger charge is -2.36. The zero-order valence-corrected chi connectivity index (χ0v) is 27.4. The third-order valence-corrected chi connectivity index (χ3v) is 9.61.